The van der Waals surface area contributed by atoms with E-state index in [-0.39, 0.29) is 5.88 Å². The number of aliphatic hydroxyl groups excluding tert-OH is 1. The Morgan fingerprint density at radius 1 is 1.25 bits per heavy atom. The van der Waals surface area contributed by atoms with Gasteiger partial charge >= 0.3 is 0 Å². The summed E-state index contributed by atoms with van der Waals surface area (Å²) in [5, 5.41) is 10.5. The molecule has 20 heavy (non-hydrogen) atoms. The van der Waals surface area contributed by atoms with Crippen LogP contribution in [0.25, 0.3) is 0 Å². The summed E-state index contributed by atoms with van der Waals surface area (Å²) in [6.45, 7) is 1.99. The minimum absolute atomic E-state index is 0.258. The number of rotatable bonds is 4. The van der Waals surface area contributed by atoms with Crippen LogP contribution >= 0.6 is 22.6 Å². The average molecular weight is 386 g/mol. The van der Waals surface area contributed by atoms with Gasteiger partial charge in [0.1, 0.15) is 11.8 Å². The van der Waals surface area contributed by atoms with Crippen molar-refractivity contribution >= 4 is 22.6 Å². The van der Waals surface area contributed by atoms with Crippen LogP contribution in [0.4, 0.5) is 0 Å². The van der Waals surface area contributed by atoms with Crippen LogP contribution in [0.15, 0.2) is 24.4 Å². The Bertz CT molecular complexity index is 619. The molecular weight excluding hydrogens is 371 g/mol. The van der Waals surface area contributed by atoms with Gasteiger partial charge in [0.25, 0.3) is 0 Å². The summed E-state index contributed by atoms with van der Waals surface area (Å²) in [4.78, 5) is 8.34. The predicted molar refractivity (Wildman–Crippen MR) is 83.1 cm³/mol. The van der Waals surface area contributed by atoms with Crippen molar-refractivity contribution in [3.05, 3.63) is 44.8 Å². The van der Waals surface area contributed by atoms with Crippen LogP contribution in [0.2, 0.25) is 0 Å². The maximum absolute atomic E-state index is 10.5. The summed E-state index contributed by atoms with van der Waals surface area (Å²) < 4.78 is 11.2. The number of aromatic nitrogens is 2. The predicted octanol–water partition coefficient (Wildman–Crippen LogP) is 2.49. The van der Waals surface area contributed by atoms with Crippen molar-refractivity contribution in [1.82, 2.24) is 9.97 Å². The molecule has 0 saturated carbocycles. The lowest BCUT2D eigenvalue weighted by atomic mass is 10.0. The van der Waals surface area contributed by atoms with Gasteiger partial charge in [-0.2, -0.15) is 4.98 Å². The van der Waals surface area contributed by atoms with Crippen molar-refractivity contribution in [2.75, 3.05) is 14.2 Å². The van der Waals surface area contributed by atoms with E-state index in [1.807, 2.05) is 25.1 Å². The molecule has 2 rings (SSSR count). The molecule has 1 atom stereocenters. The molecule has 1 N–H and O–H groups in total. The lowest BCUT2D eigenvalue weighted by Crippen LogP contribution is -2.09. The van der Waals surface area contributed by atoms with Crippen LogP contribution in [0, 0.1) is 10.5 Å². The van der Waals surface area contributed by atoms with E-state index in [4.69, 9.17) is 9.47 Å². The highest BCUT2D eigenvalue weighted by molar-refractivity contribution is 14.1. The standard InChI is InChI=1S/C14H15IN2O3/c1-8-5-4-6-9(11(8)15)13(18)12-14(20-3)17-10(19-2)7-16-12/h4-7,13,18H,1-3H3. The number of aryl methyl sites for hydroxylation is 1. The van der Waals surface area contributed by atoms with Crippen molar-refractivity contribution in [1.29, 1.82) is 0 Å². The molecule has 1 aromatic heterocycles. The van der Waals surface area contributed by atoms with E-state index in [1.165, 1.54) is 20.4 Å². The second-order valence-corrected chi connectivity index (χ2v) is 5.27. The summed E-state index contributed by atoms with van der Waals surface area (Å²) in [6.07, 6.45) is 0.569. The monoisotopic (exact) mass is 386 g/mol. The number of hydrogen-bond donors (Lipinski definition) is 1. The van der Waals surface area contributed by atoms with Crippen molar-refractivity contribution in [3.63, 3.8) is 0 Å². The van der Waals surface area contributed by atoms with Gasteiger partial charge < -0.3 is 14.6 Å². The summed E-state index contributed by atoms with van der Waals surface area (Å²) >= 11 is 2.21. The smallest absolute Gasteiger partial charge is 0.241 e. The normalized spacial score (nSPS) is 12.1. The second-order valence-electron chi connectivity index (χ2n) is 4.19. The highest BCUT2D eigenvalue weighted by atomic mass is 127. The topological polar surface area (TPSA) is 64.5 Å². The van der Waals surface area contributed by atoms with E-state index < -0.39 is 6.10 Å². The summed E-state index contributed by atoms with van der Waals surface area (Å²) in [6, 6.07) is 5.76. The van der Waals surface area contributed by atoms with E-state index in [0.29, 0.717) is 11.6 Å². The van der Waals surface area contributed by atoms with Gasteiger partial charge in [0.15, 0.2) is 0 Å². The number of aliphatic hydroxyl groups is 1. The molecule has 5 nitrogen and oxygen atoms in total. The quantitative estimate of drug-likeness (QED) is 0.819. The van der Waals surface area contributed by atoms with Crippen molar-refractivity contribution in [3.8, 4) is 11.8 Å². The Hall–Kier alpha value is -1.41. The molecule has 0 amide bonds. The maximum atomic E-state index is 10.5. The minimum Gasteiger partial charge on any atom is -0.480 e. The second kappa shape index (κ2) is 6.36. The average Bonchev–Trinajstić information content (AvgIpc) is 2.48. The Labute approximate surface area is 131 Å². The van der Waals surface area contributed by atoms with Gasteiger partial charge in [-0.1, -0.05) is 18.2 Å². The molecule has 0 fully saturated rings. The molecule has 0 spiro atoms. The highest BCUT2D eigenvalue weighted by Gasteiger charge is 2.21. The van der Waals surface area contributed by atoms with E-state index >= 15 is 0 Å². The van der Waals surface area contributed by atoms with Crippen molar-refractivity contribution in [2.45, 2.75) is 13.0 Å². The third-order valence-electron chi connectivity index (χ3n) is 2.92. The van der Waals surface area contributed by atoms with E-state index in [9.17, 15) is 5.11 Å². The number of ether oxygens (including phenoxy) is 2. The van der Waals surface area contributed by atoms with E-state index in [1.54, 1.807) is 0 Å². The fourth-order valence-electron chi connectivity index (χ4n) is 1.83. The molecule has 0 aliphatic heterocycles. The Balaban J connectivity index is 2.47. The van der Waals surface area contributed by atoms with Gasteiger partial charge in [0, 0.05) is 9.13 Å². The van der Waals surface area contributed by atoms with E-state index in [2.05, 4.69) is 32.6 Å². The Kier molecular flexibility index (Phi) is 4.77. The Morgan fingerprint density at radius 3 is 2.65 bits per heavy atom. The zero-order chi connectivity index (χ0) is 14.7. The summed E-state index contributed by atoms with van der Waals surface area (Å²) in [5.74, 6) is 0.603. The van der Waals surface area contributed by atoms with Gasteiger partial charge in [0.05, 0.1) is 20.4 Å². The van der Waals surface area contributed by atoms with Gasteiger partial charge in [-0.15, -0.1) is 0 Å². The third-order valence-corrected chi connectivity index (χ3v) is 4.40. The highest BCUT2D eigenvalue weighted by Crippen LogP contribution is 2.31. The van der Waals surface area contributed by atoms with Crippen LogP contribution in [-0.2, 0) is 0 Å². The number of halogens is 1. The molecule has 1 unspecified atom stereocenters. The first-order chi connectivity index (χ1) is 9.58. The summed E-state index contributed by atoms with van der Waals surface area (Å²) in [7, 11) is 2.99. The lowest BCUT2D eigenvalue weighted by Gasteiger charge is -2.16. The molecular formula is C14H15IN2O3. The number of methoxy groups -OCH3 is 2. The molecule has 0 saturated heterocycles. The first kappa shape index (κ1) is 15.0. The number of nitrogens with zero attached hydrogens (tertiary/aromatic N) is 2. The molecule has 0 radical (unpaired) electrons. The fourth-order valence-corrected chi connectivity index (χ4v) is 2.49. The van der Waals surface area contributed by atoms with Gasteiger partial charge in [0.2, 0.25) is 11.8 Å². The van der Waals surface area contributed by atoms with Gasteiger partial charge in [-0.3, -0.25) is 0 Å². The zero-order valence-corrected chi connectivity index (χ0v) is 13.6. The number of hydrogen-bond acceptors (Lipinski definition) is 5. The lowest BCUT2D eigenvalue weighted by molar-refractivity contribution is 0.205. The van der Waals surface area contributed by atoms with Gasteiger partial charge in [-0.05, 0) is 35.1 Å². The fraction of sp³-hybridized carbons (Fsp3) is 0.286. The van der Waals surface area contributed by atoms with Crippen molar-refractivity contribution < 1.29 is 14.6 Å². The molecule has 0 bridgehead atoms. The zero-order valence-electron chi connectivity index (χ0n) is 11.4. The van der Waals surface area contributed by atoms with Crippen molar-refractivity contribution in [2.24, 2.45) is 0 Å². The van der Waals surface area contributed by atoms with Gasteiger partial charge in [-0.25, -0.2) is 4.98 Å². The third kappa shape index (κ3) is 2.85. The Morgan fingerprint density at radius 2 is 2.00 bits per heavy atom. The molecule has 2 aromatic rings. The maximum Gasteiger partial charge on any atom is 0.241 e. The molecule has 106 valence electrons. The van der Waals surface area contributed by atoms with E-state index in [0.717, 1.165) is 14.7 Å². The molecule has 6 heteroatoms. The first-order valence-corrected chi connectivity index (χ1v) is 7.04. The van der Waals surface area contributed by atoms with Crippen LogP contribution in [0.5, 0.6) is 11.8 Å². The first-order valence-electron chi connectivity index (χ1n) is 5.96. The number of benzene rings is 1. The van der Waals surface area contributed by atoms with Crippen LogP contribution in [0.3, 0.4) is 0 Å². The summed E-state index contributed by atoms with van der Waals surface area (Å²) in [5.41, 5.74) is 2.25. The molecule has 1 heterocycles. The molecule has 0 aliphatic carbocycles. The largest absolute Gasteiger partial charge is 0.480 e. The van der Waals surface area contributed by atoms with Crippen LogP contribution in [-0.4, -0.2) is 29.3 Å². The SMILES string of the molecule is COc1cnc(C(O)c2cccc(C)c2I)c(OC)n1. The molecule has 1 aromatic carbocycles. The van der Waals surface area contributed by atoms with Crippen LogP contribution < -0.4 is 9.47 Å². The molecule has 0 aliphatic rings. The van der Waals surface area contributed by atoms with Crippen LogP contribution in [0.1, 0.15) is 22.9 Å². The minimum atomic E-state index is -0.893.